The molecular formula is C14H22N2O. The predicted octanol–water partition coefficient (Wildman–Crippen LogP) is 0.976. The first-order valence-electron chi connectivity index (χ1n) is 6.40. The summed E-state index contributed by atoms with van der Waals surface area (Å²) in [4.78, 5) is 2.43. The van der Waals surface area contributed by atoms with E-state index < -0.39 is 0 Å². The molecule has 0 bridgehead atoms. The van der Waals surface area contributed by atoms with Crippen LogP contribution in [0, 0.1) is 6.92 Å². The van der Waals surface area contributed by atoms with E-state index in [2.05, 4.69) is 41.4 Å². The van der Waals surface area contributed by atoms with E-state index in [4.69, 9.17) is 0 Å². The minimum atomic E-state index is 0.231. The zero-order valence-electron chi connectivity index (χ0n) is 10.5. The van der Waals surface area contributed by atoms with Crippen molar-refractivity contribution in [2.75, 3.05) is 39.3 Å². The molecule has 1 aliphatic heterocycles. The second-order valence-corrected chi connectivity index (χ2v) is 4.79. The lowest BCUT2D eigenvalue weighted by atomic mass is 9.95. The van der Waals surface area contributed by atoms with E-state index in [-0.39, 0.29) is 12.5 Å². The third kappa shape index (κ3) is 3.28. The van der Waals surface area contributed by atoms with Gasteiger partial charge in [-0.25, -0.2) is 0 Å². The first-order valence-corrected chi connectivity index (χ1v) is 6.40. The van der Waals surface area contributed by atoms with Crippen molar-refractivity contribution in [3.05, 3.63) is 35.4 Å². The van der Waals surface area contributed by atoms with Crippen LogP contribution < -0.4 is 5.32 Å². The Hall–Kier alpha value is -0.900. The van der Waals surface area contributed by atoms with Gasteiger partial charge in [-0.1, -0.05) is 24.3 Å². The Morgan fingerprint density at radius 1 is 1.29 bits per heavy atom. The van der Waals surface area contributed by atoms with Crippen molar-refractivity contribution in [2.45, 2.75) is 12.8 Å². The molecule has 2 N–H and O–H groups in total. The summed E-state index contributed by atoms with van der Waals surface area (Å²) in [6, 6.07) is 8.37. The topological polar surface area (TPSA) is 35.5 Å². The van der Waals surface area contributed by atoms with Crippen molar-refractivity contribution in [2.24, 2.45) is 0 Å². The van der Waals surface area contributed by atoms with Crippen molar-refractivity contribution >= 4 is 0 Å². The van der Waals surface area contributed by atoms with Gasteiger partial charge in [0.1, 0.15) is 0 Å². The van der Waals surface area contributed by atoms with E-state index in [1.165, 1.54) is 11.1 Å². The minimum Gasteiger partial charge on any atom is -0.396 e. The lowest BCUT2D eigenvalue weighted by molar-refractivity contribution is 0.185. The van der Waals surface area contributed by atoms with Gasteiger partial charge in [0.05, 0.1) is 6.61 Å². The highest BCUT2D eigenvalue weighted by atomic mass is 16.3. The Morgan fingerprint density at radius 2 is 2.00 bits per heavy atom. The van der Waals surface area contributed by atoms with Crippen LogP contribution in [-0.2, 0) is 0 Å². The normalized spacial score (nSPS) is 19.2. The van der Waals surface area contributed by atoms with Crippen molar-refractivity contribution in [1.82, 2.24) is 10.2 Å². The summed E-state index contributed by atoms with van der Waals surface area (Å²) >= 11 is 0. The zero-order chi connectivity index (χ0) is 12.1. The average Bonchev–Trinajstić information content (AvgIpc) is 2.38. The van der Waals surface area contributed by atoms with Crippen LogP contribution in [0.25, 0.3) is 0 Å². The monoisotopic (exact) mass is 234 g/mol. The number of benzene rings is 1. The molecule has 1 aliphatic rings. The maximum Gasteiger partial charge on any atom is 0.0512 e. The van der Waals surface area contributed by atoms with Crippen molar-refractivity contribution < 1.29 is 5.11 Å². The Bertz CT molecular complexity index is 348. The molecule has 1 aromatic carbocycles. The summed E-state index contributed by atoms with van der Waals surface area (Å²) in [7, 11) is 0. The van der Waals surface area contributed by atoms with E-state index in [0.717, 1.165) is 32.7 Å². The Labute approximate surface area is 103 Å². The zero-order valence-corrected chi connectivity index (χ0v) is 10.5. The minimum absolute atomic E-state index is 0.231. The van der Waals surface area contributed by atoms with E-state index in [1.54, 1.807) is 0 Å². The van der Waals surface area contributed by atoms with Gasteiger partial charge < -0.3 is 15.3 Å². The van der Waals surface area contributed by atoms with Gasteiger partial charge in [0.15, 0.2) is 0 Å². The molecule has 3 nitrogen and oxygen atoms in total. The molecule has 94 valence electrons. The van der Waals surface area contributed by atoms with Crippen LogP contribution in [-0.4, -0.2) is 49.3 Å². The molecule has 1 atom stereocenters. The highest BCUT2D eigenvalue weighted by molar-refractivity contribution is 5.29. The number of hydrogen-bond acceptors (Lipinski definition) is 3. The molecular weight excluding hydrogens is 212 g/mol. The lowest BCUT2D eigenvalue weighted by Crippen LogP contribution is -2.45. The third-order valence-electron chi connectivity index (χ3n) is 3.54. The number of piperazine rings is 1. The Balaban J connectivity index is 2.03. The third-order valence-corrected chi connectivity index (χ3v) is 3.54. The standard InChI is InChI=1S/C14H22N2O/c1-12-4-2-3-5-14(12)13(11-17)10-16-8-6-15-7-9-16/h2-5,13,15,17H,6-11H2,1H3. The van der Waals surface area contributed by atoms with Gasteiger partial charge in [0.25, 0.3) is 0 Å². The van der Waals surface area contributed by atoms with E-state index in [1.807, 2.05) is 0 Å². The molecule has 1 saturated heterocycles. The SMILES string of the molecule is Cc1ccccc1C(CO)CN1CCNCC1. The number of rotatable bonds is 4. The number of aliphatic hydroxyl groups excluding tert-OH is 1. The first kappa shape index (κ1) is 12.6. The number of aliphatic hydroxyl groups is 1. The number of hydrogen-bond donors (Lipinski definition) is 2. The molecule has 0 spiro atoms. The fraction of sp³-hybridized carbons (Fsp3) is 0.571. The highest BCUT2D eigenvalue weighted by Gasteiger charge is 2.18. The largest absolute Gasteiger partial charge is 0.396 e. The van der Waals surface area contributed by atoms with E-state index in [9.17, 15) is 5.11 Å². The Morgan fingerprint density at radius 3 is 2.65 bits per heavy atom. The summed E-state index contributed by atoms with van der Waals surface area (Å²) in [5.74, 6) is 0.245. The van der Waals surface area contributed by atoms with Gasteiger partial charge in [-0.15, -0.1) is 0 Å². The molecule has 1 aromatic rings. The van der Waals surface area contributed by atoms with Crippen molar-refractivity contribution in [1.29, 1.82) is 0 Å². The van der Waals surface area contributed by atoms with Crippen molar-refractivity contribution in [3.8, 4) is 0 Å². The molecule has 0 aromatic heterocycles. The van der Waals surface area contributed by atoms with Crippen molar-refractivity contribution in [3.63, 3.8) is 0 Å². The summed E-state index contributed by atoms with van der Waals surface area (Å²) in [5, 5.41) is 12.9. The summed E-state index contributed by atoms with van der Waals surface area (Å²) in [5.41, 5.74) is 2.57. The Kier molecular flexibility index (Phi) is 4.54. The fourth-order valence-electron chi connectivity index (χ4n) is 2.50. The molecule has 1 heterocycles. The fourth-order valence-corrected chi connectivity index (χ4v) is 2.50. The molecule has 1 unspecified atom stereocenters. The van der Waals surface area contributed by atoms with Crippen LogP contribution in [0.2, 0.25) is 0 Å². The van der Waals surface area contributed by atoms with Crippen LogP contribution in [0.15, 0.2) is 24.3 Å². The quantitative estimate of drug-likeness (QED) is 0.815. The smallest absolute Gasteiger partial charge is 0.0512 e. The molecule has 0 amide bonds. The maximum absolute atomic E-state index is 9.59. The van der Waals surface area contributed by atoms with Crippen LogP contribution in [0.4, 0.5) is 0 Å². The lowest BCUT2D eigenvalue weighted by Gasteiger charge is -2.30. The number of aryl methyl sites for hydroxylation is 1. The molecule has 0 saturated carbocycles. The van der Waals surface area contributed by atoms with E-state index in [0.29, 0.717) is 0 Å². The molecule has 17 heavy (non-hydrogen) atoms. The van der Waals surface area contributed by atoms with Crippen LogP contribution in [0.1, 0.15) is 17.0 Å². The number of nitrogens with one attached hydrogen (secondary N) is 1. The van der Waals surface area contributed by atoms with Gasteiger partial charge in [0.2, 0.25) is 0 Å². The molecule has 2 rings (SSSR count). The van der Waals surface area contributed by atoms with Crippen LogP contribution >= 0.6 is 0 Å². The van der Waals surface area contributed by atoms with Crippen LogP contribution in [0.3, 0.4) is 0 Å². The van der Waals surface area contributed by atoms with Gasteiger partial charge in [-0.2, -0.15) is 0 Å². The number of nitrogens with zero attached hydrogens (tertiary/aromatic N) is 1. The summed E-state index contributed by atoms with van der Waals surface area (Å²) < 4.78 is 0. The second-order valence-electron chi connectivity index (χ2n) is 4.79. The van der Waals surface area contributed by atoms with Gasteiger partial charge in [-0.3, -0.25) is 0 Å². The maximum atomic E-state index is 9.59. The molecule has 0 aliphatic carbocycles. The molecule has 1 fully saturated rings. The van der Waals surface area contributed by atoms with Crippen LogP contribution in [0.5, 0.6) is 0 Å². The molecule has 0 radical (unpaired) electrons. The predicted molar refractivity (Wildman–Crippen MR) is 70.3 cm³/mol. The van der Waals surface area contributed by atoms with Gasteiger partial charge >= 0.3 is 0 Å². The summed E-state index contributed by atoms with van der Waals surface area (Å²) in [6.45, 7) is 7.61. The summed E-state index contributed by atoms with van der Waals surface area (Å²) in [6.07, 6.45) is 0. The van der Waals surface area contributed by atoms with Gasteiger partial charge in [-0.05, 0) is 18.1 Å². The first-order chi connectivity index (χ1) is 8.31. The van der Waals surface area contributed by atoms with E-state index >= 15 is 0 Å². The molecule has 3 heteroatoms. The highest BCUT2D eigenvalue weighted by Crippen LogP contribution is 2.20. The van der Waals surface area contributed by atoms with Gasteiger partial charge in [0, 0.05) is 38.6 Å². The average molecular weight is 234 g/mol. The second kappa shape index (κ2) is 6.15.